The van der Waals surface area contributed by atoms with Crippen LogP contribution in [0.5, 0.6) is 0 Å². The van der Waals surface area contributed by atoms with Crippen LogP contribution >= 0.6 is 0 Å². The van der Waals surface area contributed by atoms with E-state index in [0.717, 1.165) is 33.9 Å². The Bertz CT molecular complexity index is 1370. The molecule has 0 aliphatic heterocycles. The zero-order valence-electron chi connectivity index (χ0n) is 17.6. The normalized spacial score (nSPS) is 11.0. The van der Waals surface area contributed by atoms with Gasteiger partial charge in [-0.05, 0) is 48.4 Å². The third kappa shape index (κ3) is 3.88. The SMILES string of the molecule is Cc1nc(-c2cc(C(=O)NCc3cccnc3)c3ccccn23)cn1Cc1cccnc1. The van der Waals surface area contributed by atoms with Crippen molar-refractivity contribution < 1.29 is 4.79 Å². The Morgan fingerprint density at radius 3 is 2.53 bits per heavy atom. The topological polar surface area (TPSA) is 77.1 Å². The summed E-state index contributed by atoms with van der Waals surface area (Å²) in [7, 11) is 0. The van der Waals surface area contributed by atoms with E-state index in [9.17, 15) is 4.79 Å². The summed E-state index contributed by atoms with van der Waals surface area (Å²) in [6.07, 6.45) is 11.1. The van der Waals surface area contributed by atoms with E-state index in [0.29, 0.717) is 18.7 Å². The fourth-order valence-corrected chi connectivity index (χ4v) is 3.79. The first-order chi connectivity index (χ1) is 15.7. The van der Waals surface area contributed by atoms with E-state index in [1.165, 1.54) is 0 Å². The molecule has 0 spiro atoms. The Morgan fingerprint density at radius 1 is 1.00 bits per heavy atom. The number of imidazole rings is 1. The summed E-state index contributed by atoms with van der Waals surface area (Å²) in [4.78, 5) is 26.1. The third-order valence-electron chi connectivity index (χ3n) is 5.41. The molecule has 0 bridgehead atoms. The van der Waals surface area contributed by atoms with Gasteiger partial charge in [0.05, 0.1) is 23.3 Å². The highest BCUT2D eigenvalue weighted by Crippen LogP contribution is 2.26. The molecular weight excluding hydrogens is 400 g/mol. The first-order valence-corrected chi connectivity index (χ1v) is 10.4. The number of hydrogen-bond acceptors (Lipinski definition) is 4. The van der Waals surface area contributed by atoms with Gasteiger partial charge in [0.25, 0.3) is 5.91 Å². The maximum absolute atomic E-state index is 13.0. The van der Waals surface area contributed by atoms with Crippen LogP contribution in [-0.4, -0.2) is 29.8 Å². The molecule has 0 saturated heterocycles. The van der Waals surface area contributed by atoms with Crippen LogP contribution in [0, 0.1) is 6.92 Å². The van der Waals surface area contributed by atoms with Gasteiger partial charge in [-0.1, -0.05) is 18.2 Å². The number of hydrogen-bond donors (Lipinski definition) is 1. The molecule has 1 amide bonds. The number of nitrogens with one attached hydrogen (secondary N) is 1. The minimum absolute atomic E-state index is 0.129. The number of rotatable bonds is 6. The van der Waals surface area contributed by atoms with Crippen molar-refractivity contribution in [2.24, 2.45) is 0 Å². The molecule has 0 fully saturated rings. The Kier molecular flexibility index (Phi) is 5.21. The van der Waals surface area contributed by atoms with Gasteiger partial charge in [0.2, 0.25) is 0 Å². The molecule has 32 heavy (non-hydrogen) atoms. The van der Waals surface area contributed by atoms with Crippen LogP contribution in [-0.2, 0) is 13.1 Å². The predicted molar refractivity (Wildman–Crippen MR) is 122 cm³/mol. The molecule has 7 heteroatoms. The van der Waals surface area contributed by atoms with Gasteiger partial charge in [-0.3, -0.25) is 14.8 Å². The number of pyridine rings is 3. The average molecular weight is 422 g/mol. The molecule has 158 valence electrons. The molecular formula is C25H22N6O. The van der Waals surface area contributed by atoms with Gasteiger partial charge >= 0.3 is 0 Å². The standard InChI is InChI=1S/C25H22N6O/c1-18-29-22(17-30(18)16-20-7-5-10-27-14-20)24-12-21(23-8-2-3-11-31(23)24)25(32)28-15-19-6-4-9-26-13-19/h2-14,17H,15-16H2,1H3,(H,28,32). The monoisotopic (exact) mass is 422 g/mol. The quantitative estimate of drug-likeness (QED) is 0.451. The number of nitrogens with zero attached hydrogens (tertiary/aromatic N) is 5. The number of aryl methyl sites for hydroxylation is 1. The summed E-state index contributed by atoms with van der Waals surface area (Å²) in [6.45, 7) is 3.09. The van der Waals surface area contributed by atoms with Crippen LogP contribution in [0.3, 0.4) is 0 Å². The van der Waals surface area contributed by atoms with Gasteiger partial charge in [0.15, 0.2) is 0 Å². The Hall–Kier alpha value is -4.26. The second kappa shape index (κ2) is 8.47. The van der Waals surface area contributed by atoms with Gasteiger partial charge < -0.3 is 14.3 Å². The van der Waals surface area contributed by atoms with Crippen molar-refractivity contribution in [2.75, 3.05) is 0 Å². The van der Waals surface area contributed by atoms with Crippen molar-refractivity contribution in [1.82, 2.24) is 29.2 Å². The molecule has 0 radical (unpaired) electrons. The molecule has 7 nitrogen and oxygen atoms in total. The minimum atomic E-state index is -0.129. The number of carbonyl (C=O) groups is 1. The summed E-state index contributed by atoms with van der Waals surface area (Å²) in [5, 5.41) is 3.00. The van der Waals surface area contributed by atoms with Crippen LogP contribution in [0.1, 0.15) is 27.3 Å². The van der Waals surface area contributed by atoms with E-state index in [-0.39, 0.29) is 5.91 Å². The van der Waals surface area contributed by atoms with Crippen molar-refractivity contribution in [3.63, 3.8) is 0 Å². The number of fused-ring (bicyclic) bond motifs is 1. The first kappa shape index (κ1) is 19.7. The Morgan fingerprint density at radius 2 is 1.78 bits per heavy atom. The van der Waals surface area contributed by atoms with Crippen LogP contribution in [0.4, 0.5) is 0 Å². The number of carbonyl (C=O) groups excluding carboxylic acids is 1. The van der Waals surface area contributed by atoms with E-state index < -0.39 is 0 Å². The van der Waals surface area contributed by atoms with Gasteiger partial charge in [-0.25, -0.2) is 4.98 Å². The number of aromatic nitrogens is 5. The molecule has 0 aliphatic rings. The summed E-state index contributed by atoms with van der Waals surface area (Å²) in [5.41, 5.74) is 5.21. The van der Waals surface area contributed by atoms with Crippen molar-refractivity contribution in [2.45, 2.75) is 20.0 Å². The summed E-state index contributed by atoms with van der Waals surface area (Å²) in [6, 6.07) is 15.5. The van der Waals surface area contributed by atoms with Crippen molar-refractivity contribution in [3.8, 4) is 11.4 Å². The van der Waals surface area contributed by atoms with Crippen LogP contribution in [0.15, 0.2) is 85.7 Å². The molecule has 0 aromatic carbocycles. The van der Waals surface area contributed by atoms with E-state index >= 15 is 0 Å². The van der Waals surface area contributed by atoms with E-state index in [4.69, 9.17) is 4.98 Å². The largest absolute Gasteiger partial charge is 0.348 e. The highest BCUT2D eigenvalue weighted by atomic mass is 16.1. The van der Waals surface area contributed by atoms with Gasteiger partial charge in [0, 0.05) is 43.7 Å². The molecule has 0 saturated carbocycles. The van der Waals surface area contributed by atoms with Crippen molar-refractivity contribution >= 4 is 11.4 Å². The summed E-state index contributed by atoms with van der Waals surface area (Å²) in [5.74, 6) is 0.771. The number of amides is 1. The molecule has 0 atom stereocenters. The van der Waals surface area contributed by atoms with E-state index in [1.807, 2.05) is 78.4 Å². The zero-order valence-corrected chi connectivity index (χ0v) is 17.6. The average Bonchev–Trinajstić information content (AvgIpc) is 3.39. The van der Waals surface area contributed by atoms with Crippen LogP contribution in [0.25, 0.3) is 16.9 Å². The van der Waals surface area contributed by atoms with Crippen LogP contribution in [0.2, 0.25) is 0 Å². The lowest BCUT2D eigenvalue weighted by Crippen LogP contribution is -2.22. The highest BCUT2D eigenvalue weighted by molar-refractivity contribution is 6.02. The van der Waals surface area contributed by atoms with Gasteiger partial charge in [-0.15, -0.1) is 0 Å². The lowest BCUT2D eigenvalue weighted by molar-refractivity contribution is 0.0952. The lowest BCUT2D eigenvalue weighted by Gasteiger charge is -2.04. The maximum Gasteiger partial charge on any atom is 0.253 e. The first-order valence-electron chi connectivity index (χ1n) is 10.4. The predicted octanol–water partition coefficient (Wildman–Crippen LogP) is 3.88. The summed E-state index contributed by atoms with van der Waals surface area (Å²) >= 11 is 0. The van der Waals surface area contributed by atoms with Crippen LogP contribution < -0.4 is 5.32 Å². The second-order valence-electron chi connectivity index (χ2n) is 7.61. The van der Waals surface area contributed by atoms with E-state index in [1.54, 1.807) is 18.6 Å². The van der Waals surface area contributed by atoms with Crippen molar-refractivity contribution in [1.29, 1.82) is 0 Å². The molecule has 5 aromatic heterocycles. The smallest absolute Gasteiger partial charge is 0.253 e. The van der Waals surface area contributed by atoms with E-state index in [2.05, 4.69) is 19.9 Å². The van der Waals surface area contributed by atoms with Crippen molar-refractivity contribution in [3.05, 3.63) is 108 Å². The molecule has 1 N–H and O–H groups in total. The zero-order chi connectivity index (χ0) is 21.9. The maximum atomic E-state index is 13.0. The molecule has 5 rings (SSSR count). The highest BCUT2D eigenvalue weighted by Gasteiger charge is 2.18. The fraction of sp³-hybridized carbons (Fsp3) is 0.120. The second-order valence-corrected chi connectivity index (χ2v) is 7.61. The lowest BCUT2D eigenvalue weighted by atomic mass is 10.2. The third-order valence-corrected chi connectivity index (χ3v) is 5.41. The molecule has 0 aliphatic carbocycles. The minimum Gasteiger partial charge on any atom is -0.348 e. The molecule has 5 heterocycles. The van der Waals surface area contributed by atoms with Gasteiger partial charge in [-0.2, -0.15) is 0 Å². The molecule has 5 aromatic rings. The fourth-order valence-electron chi connectivity index (χ4n) is 3.79. The van der Waals surface area contributed by atoms with Gasteiger partial charge in [0.1, 0.15) is 11.5 Å². The summed E-state index contributed by atoms with van der Waals surface area (Å²) < 4.78 is 4.10. The molecule has 0 unspecified atom stereocenters. The Balaban J connectivity index is 1.46. The Labute approximate surface area is 185 Å².